The highest BCUT2D eigenvalue weighted by molar-refractivity contribution is 6.74. The third kappa shape index (κ3) is 5.44. The molecule has 0 aliphatic rings. The second-order valence-corrected chi connectivity index (χ2v) is 11.8. The highest BCUT2D eigenvalue weighted by Gasteiger charge is 2.37. The van der Waals surface area contributed by atoms with Crippen LogP contribution in [-0.4, -0.2) is 21.5 Å². The fourth-order valence-electron chi connectivity index (χ4n) is 1.59. The molecule has 0 fully saturated rings. The Labute approximate surface area is 134 Å². The Hall–Kier alpha value is -0.863. The molecule has 5 heteroatoms. The van der Waals surface area contributed by atoms with Crippen LogP contribution in [-0.2, 0) is 9.16 Å². The molecular formula is C16H24ClNO2Si. The first kappa shape index (κ1) is 18.2. The van der Waals surface area contributed by atoms with Gasteiger partial charge in [-0.05, 0) is 35.8 Å². The Morgan fingerprint density at radius 3 is 2.52 bits per heavy atom. The van der Waals surface area contributed by atoms with Gasteiger partial charge in [-0.1, -0.05) is 44.5 Å². The van der Waals surface area contributed by atoms with Crippen LogP contribution in [0.25, 0.3) is 0 Å². The van der Waals surface area contributed by atoms with Crippen molar-refractivity contribution in [3.63, 3.8) is 0 Å². The molecule has 0 saturated carbocycles. The summed E-state index contributed by atoms with van der Waals surface area (Å²) in [6.07, 6.45) is -0.266. The van der Waals surface area contributed by atoms with E-state index in [9.17, 15) is 0 Å². The second-order valence-electron chi connectivity index (χ2n) is 6.58. The lowest BCUT2D eigenvalue weighted by atomic mass is 10.1. The lowest BCUT2D eigenvalue weighted by Gasteiger charge is -2.37. The third-order valence-corrected chi connectivity index (χ3v) is 8.71. The van der Waals surface area contributed by atoms with Crippen molar-refractivity contribution in [2.75, 3.05) is 13.2 Å². The van der Waals surface area contributed by atoms with Gasteiger partial charge in [-0.15, -0.1) is 0 Å². The van der Waals surface area contributed by atoms with Crippen molar-refractivity contribution in [3.8, 4) is 6.07 Å². The molecule has 21 heavy (non-hydrogen) atoms. The van der Waals surface area contributed by atoms with Gasteiger partial charge in [-0.25, -0.2) is 0 Å². The van der Waals surface area contributed by atoms with E-state index in [-0.39, 0.29) is 17.7 Å². The average molecular weight is 326 g/mol. The van der Waals surface area contributed by atoms with Crippen molar-refractivity contribution >= 4 is 19.9 Å². The molecule has 0 amide bonds. The standard InChI is InChI=1S/C16H24ClNO2Si/c1-16(2,3)21(4,5)20-12-15(19-10-9-18)13-7-6-8-14(17)11-13/h6-8,11,15H,10,12H2,1-5H3. The zero-order chi connectivity index (χ0) is 16.1. The number of benzene rings is 1. The number of halogens is 1. The molecular weight excluding hydrogens is 302 g/mol. The van der Waals surface area contributed by atoms with Gasteiger partial charge in [-0.3, -0.25) is 0 Å². The van der Waals surface area contributed by atoms with E-state index in [4.69, 9.17) is 26.0 Å². The van der Waals surface area contributed by atoms with Gasteiger partial charge in [0.2, 0.25) is 0 Å². The van der Waals surface area contributed by atoms with Crippen molar-refractivity contribution in [2.24, 2.45) is 0 Å². The maximum atomic E-state index is 8.74. The smallest absolute Gasteiger partial charge is 0.192 e. The Morgan fingerprint density at radius 1 is 1.33 bits per heavy atom. The summed E-state index contributed by atoms with van der Waals surface area (Å²) in [5, 5.41) is 9.54. The fraction of sp³-hybridized carbons (Fsp3) is 0.562. The Morgan fingerprint density at radius 2 is 2.00 bits per heavy atom. The van der Waals surface area contributed by atoms with Crippen LogP contribution in [0, 0.1) is 11.3 Å². The number of nitrogens with zero attached hydrogens (tertiary/aromatic N) is 1. The first-order chi connectivity index (χ1) is 9.67. The van der Waals surface area contributed by atoms with Crippen LogP contribution in [0.15, 0.2) is 24.3 Å². The van der Waals surface area contributed by atoms with E-state index < -0.39 is 8.32 Å². The molecule has 0 bridgehead atoms. The van der Waals surface area contributed by atoms with E-state index in [1.807, 2.05) is 30.3 Å². The number of hydrogen-bond acceptors (Lipinski definition) is 3. The SMILES string of the molecule is CC(C)(C)[Si](C)(C)OCC(OCC#N)c1cccc(Cl)c1. The summed E-state index contributed by atoms with van der Waals surface area (Å²) in [4.78, 5) is 0. The predicted octanol–water partition coefficient (Wildman–Crippen LogP) is 4.94. The molecule has 3 nitrogen and oxygen atoms in total. The summed E-state index contributed by atoms with van der Waals surface area (Å²) in [5.74, 6) is 0. The van der Waals surface area contributed by atoms with Crippen molar-refractivity contribution in [1.82, 2.24) is 0 Å². The summed E-state index contributed by atoms with van der Waals surface area (Å²) in [5.41, 5.74) is 0.941. The predicted molar refractivity (Wildman–Crippen MR) is 88.9 cm³/mol. The average Bonchev–Trinajstić information content (AvgIpc) is 2.37. The highest BCUT2D eigenvalue weighted by Crippen LogP contribution is 2.37. The largest absolute Gasteiger partial charge is 0.414 e. The third-order valence-electron chi connectivity index (χ3n) is 3.97. The van der Waals surface area contributed by atoms with Gasteiger partial charge in [-0.2, -0.15) is 5.26 Å². The lowest BCUT2D eigenvalue weighted by molar-refractivity contribution is 0.0334. The van der Waals surface area contributed by atoms with Crippen molar-refractivity contribution in [1.29, 1.82) is 5.26 Å². The summed E-state index contributed by atoms with van der Waals surface area (Å²) < 4.78 is 11.8. The molecule has 1 aromatic carbocycles. The minimum Gasteiger partial charge on any atom is -0.414 e. The maximum Gasteiger partial charge on any atom is 0.192 e. The quantitative estimate of drug-likeness (QED) is 0.695. The number of ether oxygens (including phenoxy) is 1. The summed E-state index contributed by atoms with van der Waals surface area (Å²) >= 11 is 6.03. The fourth-order valence-corrected chi connectivity index (χ4v) is 2.79. The second kappa shape index (κ2) is 7.41. The molecule has 116 valence electrons. The molecule has 1 rings (SSSR count). The van der Waals surface area contributed by atoms with Crippen LogP contribution in [0.2, 0.25) is 23.2 Å². The van der Waals surface area contributed by atoms with Gasteiger partial charge in [0.05, 0.1) is 12.7 Å². The van der Waals surface area contributed by atoms with Gasteiger partial charge in [0.25, 0.3) is 0 Å². The van der Waals surface area contributed by atoms with Gasteiger partial charge in [0.1, 0.15) is 12.7 Å². The zero-order valence-corrected chi connectivity index (χ0v) is 15.2. The number of hydrogen-bond donors (Lipinski definition) is 0. The van der Waals surface area contributed by atoms with Gasteiger partial charge in [0.15, 0.2) is 8.32 Å². The van der Waals surface area contributed by atoms with Crippen molar-refractivity contribution in [3.05, 3.63) is 34.9 Å². The van der Waals surface area contributed by atoms with E-state index in [2.05, 4.69) is 33.9 Å². The van der Waals surface area contributed by atoms with Crippen LogP contribution in [0.1, 0.15) is 32.4 Å². The molecule has 0 radical (unpaired) electrons. The minimum absolute atomic E-state index is 0.0397. The lowest BCUT2D eigenvalue weighted by Crippen LogP contribution is -2.42. The maximum absolute atomic E-state index is 8.74. The van der Waals surface area contributed by atoms with Crippen LogP contribution in [0.4, 0.5) is 0 Å². The Kier molecular flexibility index (Phi) is 6.42. The molecule has 0 aliphatic carbocycles. The Bertz CT molecular complexity index is 506. The molecule has 1 aromatic rings. The topological polar surface area (TPSA) is 42.2 Å². The van der Waals surface area contributed by atoms with Gasteiger partial charge in [0, 0.05) is 5.02 Å². The van der Waals surface area contributed by atoms with E-state index in [1.165, 1.54) is 0 Å². The molecule has 0 saturated heterocycles. The monoisotopic (exact) mass is 325 g/mol. The summed E-state index contributed by atoms with van der Waals surface area (Å²) in [6, 6.07) is 9.52. The van der Waals surface area contributed by atoms with Gasteiger partial charge >= 0.3 is 0 Å². The zero-order valence-electron chi connectivity index (χ0n) is 13.4. The summed E-state index contributed by atoms with van der Waals surface area (Å²) in [6.45, 7) is 11.5. The van der Waals surface area contributed by atoms with E-state index in [0.717, 1.165) is 5.56 Å². The first-order valence-electron chi connectivity index (χ1n) is 7.05. The molecule has 0 aliphatic heterocycles. The minimum atomic E-state index is -1.85. The molecule has 0 aromatic heterocycles. The van der Waals surface area contributed by atoms with Gasteiger partial charge < -0.3 is 9.16 Å². The van der Waals surface area contributed by atoms with E-state index >= 15 is 0 Å². The summed E-state index contributed by atoms with van der Waals surface area (Å²) in [7, 11) is -1.85. The van der Waals surface area contributed by atoms with E-state index in [1.54, 1.807) is 0 Å². The van der Waals surface area contributed by atoms with Crippen LogP contribution >= 0.6 is 11.6 Å². The highest BCUT2D eigenvalue weighted by atomic mass is 35.5. The van der Waals surface area contributed by atoms with Crippen molar-refractivity contribution < 1.29 is 9.16 Å². The normalized spacial score (nSPS) is 13.8. The molecule has 1 unspecified atom stereocenters. The first-order valence-corrected chi connectivity index (χ1v) is 10.3. The number of rotatable bonds is 6. The molecule has 0 spiro atoms. The molecule has 0 heterocycles. The molecule has 1 atom stereocenters. The van der Waals surface area contributed by atoms with E-state index in [0.29, 0.717) is 11.6 Å². The van der Waals surface area contributed by atoms with Crippen molar-refractivity contribution in [2.45, 2.75) is 45.0 Å². The van der Waals surface area contributed by atoms with Crippen LogP contribution < -0.4 is 0 Å². The molecule has 0 N–H and O–H groups in total. The van der Waals surface area contributed by atoms with Crippen LogP contribution in [0.3, 0.4) is 0 Å². The Balaban J connectivity index is 2.83. The van der Waals surface area contributed by atoms with Crippen LogP contribution in [0.5, 0.6) is 0 Å². The number of nitriles is 1.